The molecular weight excluding hydrogens is 288 g/mol. The van der Waals surface area contributed by atoms with Gasteiger partial charge < -0.3 is 5.11 Å². The molecule has 0 bridgehead atoms. The molecule has 0 aliphatic carbocycles. The zero-order valence-electron chi connectivity index (χ0n) is 13.8. The summed E-state index contributed by atoms with van der Waals surface area (Å²) in [5.41, 5.74) is 4.31. The molecule has 0 spiro atoms. The number of aromatic amines is 1. The second-order valence-corrected chi connectivity index (χ2v) is 6.03. The Morgan fingerprint density at radius 3 is 2.52 bits per heavy atom. The highest BCUT2D eigenvalue weighted by Gasteiger charge is 2.09. The smallest absolute Gasteiger partial charge is 0.303 e. The van der Waals surface area contributed by atoms with Crippen molar-refractivity contribution >= 4 is 5.97 Å². The van der Waals surface area contributed by atoms with Gasteiger partial charge in [0, 0.05) is 6.42 Å². The fraction of sp³-hybridized carbons (Fsp3) is 0.474. The molecule has 4 nitrogen and oxygen atoms in total. The number of rotatable bonds is 10. The standard InChI is InChI=1S/C19H26N2O2/c1-2-3-4-5-6-7-15-8-10-16(11-9-15)19-17(14-20-21-19)12-13-18(22)23/h8-11,14H,2-7,12-13H2,1H3,(H,20,21)(H,22,23). The Labute approximate surface area is 137 Å². The number of hydrogen-bond acceptors (Lipinski definition) is 2. The summed E-state index contributed by atoms with van der Waals surface area (Å²) < 4.78 is 0. The molecule has 124 valence electrons. The number of H-pyrrole nitrogens is 1. The maximum atomic E-state index is 10.7. The van der Waals surface area contributed by atoms with Crippen LogP contribution >= 0.6 is 0 Å². The van der Waals surface area contributed by atoms with Crippen molar-refractivity contribution in [3.63, 3.8) is 0 Å². The number of nitrogens with one attached hydrogen (secondary N) is 1. The molecule has 0 unspecified atom stereocenters. The fourth-order valence-corrected chi connectivity index (χ4v) is 2.76. The lowest BCUT2D eigenvalue weighted by atomic mass is 10.0. The Kier molecular flexibility index (Phi) is 6.85. The second-order valence-electron chi connectivity index (χ2n) is 6.03. The van der Waals surface area contributed by atoms with E-state index in [0.717, 1.165) is 23.2 Å². The summed E-state index contributed by atoms with van der Waals surface area (Å²) in [5.74, 6) is -0.782. The van der Waals surface area contributed by atoms with Crippen LogP contribution in [0.4, 0.5) is 0 Å². The number of carboxylic acids is 1. The number of aliphatic carboxylic acids is 1. The van der Waals surface area contributed by atoms with Crippen LogP contribution in [0.2, 0.25) is 0 Å². The first-order valence-electron chi connectivity index (χ1n) is 8.54. The molecule has 2 aromatic rings. The summed E-state index contributed by atoms with van der Waals surface area (Å²) in [6.45, 7) is 2.24. The number of unbranched alkanes of at least 4 members (excludes halogenated alkanes) is 4. The van der Waals surface area contributed by atoms with Gasteiger partial charge in [-0.1, -0.05) is 56.9 Å². The normalized spacial score (nSPS) is 10.8. The first kappa shape index (κ1) is 17.3. The lowest BCUT2D eigenvalue weighted by molar-refractivity contribution is -0.136. The summed E-state index contributed by atoms with van der Waals surface area (Å²) in [6, 6.07) is 8.52. The third kappa shape index (κ3) is 5.55. The Hall–Kier alpha value is -2.10. The monoisotopic (exact) mass is 314 g/mol. The van der Waals surface area contributed by atoms with Gasteiger partial charge in [-0.15, -0.1) is 0 Å². The van der Waals surface area contributed by atoms with Gasteiger partial charge in [-0.2, -0.15) is 5.10 Å². The molecule has 0 atom stereocenters. The van der Waals surface area contributed by atoms with E-state index < -0.39 is 5.97 Å². The van der Waals surface area contributed by atoms with E-state index in [0.29, 0.717) is 6.42 Å². The van der Waals surface area contributed by atoms with Crippen molar-refractivity contribution in [3.8, 4) is 11.3 Å². The van der Waals surface area contributed by atoms with Crippen LogP contribution in [-0.2, 0) is 17.6 Å². The maximum Gasteiger partial charge on any atom is 0.303 e. The third-order valence-corrected chi connectivity index (χ3v) is 4.14. The molecule has 0 radical (unpaired) electrons. The highest BCUT2D eigenvalue weighted by molar-refractivity contribution is 5.68. The molecule has 2 N–H and O–H groups in total. The van der Waals surface area contributed by atoms with E-state index >= 15 is 0 Å². The van der Waals surface area contributed by atoms with E-state index in [1.165, 1.54) is 37.7 Å². The zero-order chi connectivity index (χ0) is 16.5. The van der Waals surface area contributed by atoms with E-state index in [-0.39, 0.29) is 6.42 Å². The highest BCUT2D eigenvalue weighted by atomic mass is 16.4. The van der Waals surface area contributed by atoms with Crippen LogP contribution in [0.5, 0.6) is 0 Å². The van der Waals surface area contributed by atoms with Gasteiger partial charge in [0.2, 0.25) is 0 Å². The second kappa shape index (κ2) is 9.13. The minimum absolute atomic E-state index is 0.127. The molecule has 1 heterocycles. The molecule has 23 heavy (non-hydrogen) atoms. The van der Waals surface area contributed by atoms with Crippen molar-refractivity contribution in [2.75, 3.05) is 0 Å². The molecule has 1 aromatic heterocycles. The third-order valence-electron chi connectivity index (χ3n) is 4.14. The predicted molar refractivity (Wildman–Crippen MR) is 92.4 cm³/mol. The number of aryl methyl sites for hydroxylation is 2. The fourth-order valence-electron chi connectivity index (χ4n) is 2.76. The Morgan fingerprint density at radius 2 is 1.83 bits per heavy atom. The number of carbonyl (C=O) groups is 1. The van der Waals surface area contributed by atoms with E-state index in [1.54, 1.807) is 6.20 Å². The van der Waals surface area contributed by atoms with Crippen molar-refractivity contribution < 1.29 is 9.90 Å². The van der Waals surface area contributed by atoms with Crippen molar-refractivity contribution in [1.82, 2.24) is 10.2 Å². The molecule has 4 heteroatoms. The summed E-state index contributed by atoms with van der Waals surface area (Å²) in [7, 11) is 0. The predicted octanol–water partition coefficient (Wildman–Crippen LogP) is 4.61. The maximum absolute atomic E-state index is 10.7. The number of aromatic nitrogens is 2. The number of hydrogen-bond donors (Lipinski definition) is 2. The van der Waals surface area contributed by atoms with E-state index in [1.807, 2.05) is 0 Å². The molecule has 0 saturated carbocycles. The van der Waals surface area contributed by atoms with Crippen LogP contribution in [0.1, 0.15) is 56.6 Å². The molecule has 0 aliphatic heterocycles. The molecule has 0 saturated heterocycles. The van der Waals surface area contributed by atoms with Crippen molar-refractivity contribution in [2.24, 2.45) is 0 Å². The van der Waals surface area contributed by atoms with Crippen molar-refractivity contribution in [2.45, 2.75) is 58.3 Å². The SMILES string of the molecule is CCCCCCCc1ccc(-c2[nH]ncc2CCC(=O)O)cc1. The first-order valence-corrected chi connectivity index (χ1v) is 8.54. The average Bonchev–Trinajstić information content (AvgIpc) is 3.02. The molecule has 0 amide bonds. The van der Waals surface area contributed by atoms with Gasteiger partial charge in [0.25, 0.3) is 0 Å². The summed E-state index contributed by atoms with van der Waals surface area (Å²) in [5, 5.41) is 15.9. The van der Waals surface area contributed by atoms with Gasteiger partial charge in [-0.3, -0.25) is 9.89 Å². The van der Waals surface area contributed by atoms with Gasteiger partial charge in [-0.25, -0.2) is 0 Å². The van der Waals surface area contributed by atoms with E-state index in [2.05, 4.69) is 41.4 Å². The van der Waals surface area contributed by atoms with Gasteiger partial charge in [0.15, 0.2) is 0 Å². The molecule has 1 aromatic carbocycles. The molecule has 0 fully saturated rings. The highest BCUT2D eigenvalue weighted by Crippen LogP contribution is 2.23. The minimum atomic E-state index is -0.782. The quantitative estimate of drug-likeness (QED) is 0.629. The van der Waals surface area contributed by atoms with E-state index in [4.69, 9.17) is 5.11 Å². The molecule has 0 aliphatic rings. The summed E-state index contributed by atoms with van der Waals surface area (Å²) in [4.78, 5) is 10.7. The lowest BCUT2D eigenvalue weighted by Gasteiger charge is -2.05. The summed E-state index contributed by atoms with van der Waals surface area (Å²) >= 11 is 0. The van der Waals surface area contributed by atoms with E-state index in [9.17, 15) is 4.79 Å². The van der Waals surface area contributed by atoms with Crippen molar-refractivity contribution in [3.05, 3.63) is 41.6 Å². The largest absolute Gasteiger partial charge is 0.481 e. The van der Waals surface area contributed by atoms with Crippen LogP contribution in [0.15, 0.2) is 30.5 Å². The average molecular weight is 314 g/mol. The zero-order valence-corrected chi connectivity index (χ0v) is 13.8. The van der Waals surface area contributed by atoms with Crippen LogP contribution < -0.4 is 0 Å². The Bertz CT molecular complexity index is 602. The summed E-state index contributed by atoms with van der Waals surface area (Å²) in [6.07, 6.45) is 9.96. The van der Waals surface area contributed by atoms with Gasteiger partial charge in [0.1, 0.15) is 0 Å². The first-order chi connectivity index (χ1) is 11.2. The van der Waals surface area contributed by atoms with Crippen LogP contribution in [-0.4, -0.2) is 21.3 Å². The van der Waals surface area contributed by atoms with Gasteiger partial charge in [-0.05, 0) is 36.0 Å². The van der Waals surface area contributed by atoms with Crippen LogP contribution in [0.3, 0.4) is 0 Å². The van der Waals surface area contributed by atoms with Crippen LogP contribution in [0, 0.1) is 0 Å². The Balaban J connectivity index is 1.92. The molecule has 2 rings (SSSR count). The molecular formula is C19H26N2O2. The number of carboxylic acid groups (broad SMARTS) is 1. The topological polar surface area (TPSA) is 66.0 Å². The van der Waals surface area contributed by atoms with Gasteiger partial charge in [0.05, 0.1) is 11.9 Å². The minimum Gasteiger partial charge on any atom is -0.481 e. The van der Waals surface area contributed by atoms with Gasteiger partial charge >= 0.3 is 5.97 Å². The lowest BCUT2D eigenvalue weighted by Crippen LogP contribution is -1.97. The van der Waals surface area contributed by atoms with Crippen LogP contribution in [0.25, 0.3) is 11.3 Å². The number of nitrogens with zero attached hydrogens (tertiary/aromatic N) is 1. The Morgan fingerprint density at radius 1 is 1.09 bits per heavy atom. The number of benzene rings is 1. The van der Waals surface area contributed by atoms with Crippen molar-refractivity contribution in [1.29, 1.82) is 0 Å².